The Morgan fingerprint density at radius 3 is 2.43 bits per heavy atom. The van der Waals surface area contributed by atoms with Crippen LogP contribution in [-0.4, -0.2) is 11.7 Å². The summed E-state index contributed by atoms with van der Waals surface area (Å²) in [6.07, 6.45) is -0.600. The Kier molecular flexibility index (Phi) is 4.85. The second-order valence-corrected chi connectivity index (χ2v) is 4.60. The molecule has 3 nitrogen and oxygen atoms in total. The summed E-state index contributed by atoms with van der Waals surface area (Å²) in [6, 6.07) is 12.6. The van der Waals surface area contributed by atoms with Crippen molar-refractivity contribution < 1.29 is 13.9 Å². The predicted molar refractivity (Wildman–Crippen MR) is 75.6 cm³/mol. The molecule has 0 aliphatic carbocycles. The summed E-state index contributed by atoms with van der Waals surface area (Å²) in [5, 5.41) is 21.5. The van der Waals surface area contributed by atoms with Crippen LogP contribution < -0.4 is 5.32 Å². The minimum atomic E-state index is -0.979. The quantitative estimate of drug-likeness (QED) is 0.888. The Bertz CT molecular complexity index is 650. The molecule has 0 amide bonds. The molecule has 1 unspecified atom stereocenters. The van der Waals surface area contributed by atoms with E-state index in [0.717, 1.165) is 23.4 Å². The summed E-state index contributed by atoms with van der Waals surface area (Å²) in [6.45, 7) is 0.169. The third-order valence-electron chi connectivity index (χ3n) is 3.07. The molecule has 0 aromatic heterocycles. The normalized spacial score (nSPS) is 11.7. The molecule has 0 heterocycles. The number of nitrogens with zero attached hydrogens (tertiary/aromatic N) is 1. The lowest BCUT2D eigenvalue weighted by Crippen LogP contribution is -2.12. The van der Waals surface area contributed by atoms with E-state index in [4.69, 9.17) is 5.26 Å². The SMILES string of the molecule is N#CCc1ccc(NCC(O)c2ccc(F)c(F)c2)cc1. The van der Waals surface area contributed by atoms with Gasteiger partial charge in [-0.25, -0.2) is 8.78 Å². The monoisotopic (exact) mass is 288 g/mol. The van der Waals surface area contributed by atoms with E-state index in [-0.39, 0.29) is 6.54 Å². The zero-order valence-corrected chi connectivity index (χ0v) is 11.2. The second-order valence-electron chi connectivity index (χ2n) is 4.60. The Labute approximate surface area is 121 Å². The van der Waals surface area contributed by atoms with Crippen molar-refractivity contribution >= 4 is 5.69 Å². The smallest absolute Gasteiger partial charge is 0.159 e. The molecule has 0 saturated carbocycles. The topological polar surface area (TPSA) is 56.0 Å². The van der Waals surface area contributed by atoms with Crippen LogP contribution in [0.4, 0.5) is 14.5 Å². The van der Waals surface area contributed by atoms with Gasteiger partial charge in [-0.1, -0.05) is 18.2 Å². The van der Waals surface area contributed by atoms with Crippen LogP contribution in [0.15, 0.2) is 42.5 Å². The highest BCUT2D eigenvalue weighted by Crippen LogP contribution is 2.17. The highest BCUT2D eigenvalue weighted by atomic mass is 19.2. The summed E-state index contributed by atoms with van der Waals surface area (Å²) in [5.74, 6) is -1.92. The molecule has 0 saturated heterocycles. The Balaban J connectivity index is 1.95. The van der Waals surface area contributed by atoms with Crippen LogP contribution in [0.5, 0.6) is 0 Å². The number of aliphatic hydroxyl groups excluding tert-OH is 1. The maximum atomic E-state index is 13.1. The minimum absolute atomic E-state index is 0.169. The average Bonchev–Trinajstić information content (AvgIpc) is 2.49. The fraction of sp³-hybridized carbons (Fsp3) is 0.188. The number of aliphatic hydroxyl groups is 1. The number of nitrogens with one attached hydrogen (secondary N) is 1. The molecule has 2 N–H and O–H groups in total. The number of nitriles is 1. The van der Waals surface area contributed by atoms with Crippen molar-refractivity contribution in [3.8, 4) is 6.07 Å². The highest BCUT2D eigenvalue weighted by molar-refractivity contribution is 5.45. The van der Waals surface area contributed by atoms with E-state index in [1.165, 1.54) is 6.07 Å². The van der Waals surface area contributed by atoms with Gasteiger partial charge in [0.25, 0.3) is 0 Å². The van der Waals surface area contributed by atoms with Gasteiger partial charge in [0.05, 0.1) is 18.6 Å². The molecule has 108 valence electrons. The first-order valence-electron chi connectivity index (χ1n) is 6.43. The third-order valence-corrected chi connectivity index (χ3v) is 3.07. The van der Waals surface area contributed by atoms with E-state index in [1.807, 2.05) is 12.1 Å². The second kappa shape index (κ2) is 6.82. The zero-order chi connectivity index (χ0) is 15.2. The maximum absolute atomic E-state index is 13.1. The molecule has 0 radical (unpaired) electrons. The fourth-order valence-corrected chi connectivity index (χ4v) is 1.88. The van der Waals surface area contributed by atoms with Gasteiger partial charge in [-0.15, -0.1) is 0 Å². The molecule has 2 aromatic rings. The van der Waals surface area contributed by atoms with Crippen LogP contribution in [-0.2, 0) is 6.42 Å². The van der Waals surface area contributed by atoms with Crippen molar-refractivity contribution in [3.05, 3.63) is 65.2 Å². The van der Waals surface area contributed by atoms with Crippen molar-refractivity contribution in [2.24, 2.45) is 0 Å². The molecule has 0 aliphatic rings. The van der Waals surface area contributed by atoms with Gasteiger partial charge in [-0.3, -0.25) is 0 Å². The lowest BCUT2D eigenvalue weighted by atomic mass is 10.1. The van der Waals surface area contributed by atoms with Gasteiger partial charge in [-0.05, 0) is 35.4 Å². The van der Waals surface area contributed by atoms with Crippen LogP contribution in [0.2, 0.25) is 0 Å². The zero-order valence-electron chi connectivity index (χ0n) is 11.2. The molecule has 0 aliphatic heterocycles. The van der Waals surface area contributed by atoms with Crippen LogP contribution in [0.3, 0.4) is 0 Å². The van der Waals surface area contributed by atoms with Crippen molar-refractivity contribution in [1.82, 2.24) is 0 Å². The Hall–Kier alpha value is -2.45. The average molecular weight is 288 g/mol. The van der Waals surface area contributed by atoms with E-state index in [1.54, 1.807) is 12.1 Å². The number of halogens is 2. The van der Waals surface area contributed by atoms with Crippen LogP contribution in [0.1, 0.15) is 17.2 Å². The van der Waals surface area contributed by atoms with Crippen molar-refractivity contribution in [2.75, 3.05) is 11.9 Å². The van der Waals surface area contributed by atoms with Gasteiger partial charge >= 0.3 is 0 Å². The molecule has 21 heavy (non-hydrogen) atoms. The number of hydrogen-bond acceptors (Lipinski definition) is 3. The molecule has 0 bridgehead atoms. The lowest BCUT2D eigenvalue weighted by molar-refractivity contribution is 0.191. The van der Waals surface area contributed by atoms with E-state index < -0.39 is 17.7 Å². The van der Waals surface area contributed by atoms with Gasteiger partial charge in [0.2, 0.25) is 0 Å². The Morgan fingerprint density at radius 1 is 1.10 bits per heavy atom. The summed E-state index contributed by atoms with van der Waals surface area (Å²) in [7, 11) is 0. The lowest BCUT2D eigenvalue weighted by Gasteiger charge is -2.13. The van der Waals surface area contributed by atoms with E-state index in [0.29, 0.717) is 12.0 Å². The summed E-state index contributed by atoms with van der Waals surface area (Å²) >= 11 is 0. The highest BCUT2D eigenvalue weighted by Gasteiger charge is 2.10. The Morgan fingerprint density at radius 2 is 1.81 bits per heavy atom. The van der Waals surface area contributed by atoms with Crippen molar-refractivity contribution in [2.45, 2.75) is 12.5 Å². The van der Waals surface area contributed by atoms with Crippen molar-refractivity contribution in [3.63, 3.8) is 0 Å². The van der Waals surface area contributed by atoms with Gasteiger partial charge in [-0.2, -0.15) is 5.26 Å². The first-order chi connectivity index (χ1) is 10.1. The molecule has 2 aromatic carbocycles. The summed E-state index contributed by atoms with van der Waals surface area (Å²) < 4.78 is 25.9. The van der Waals surface area contributed by atoms with Crippen LogP contribution in [0, 0.1) is 23.0 Å². The molecule has 1 atom stereocenters. The number of anilines is 1. The molecule has 5 heteroatoms. The van der Waals surface area contributed by atoms with Crippen molar-refractivity contribution in [1.29, 1.82) is 5.26 Å². The summed E-state index contributed by atoms with van der Waals surface area (Å²) in [4.78, 5) is 0. The minimum Gasteiger partial charge on any atom is -0.387 e. The van der Waals surface area contributed by atoms with E-state index in [9.17, 15) is 13.9 Å². The van der Waals surface area contributed by atoms with Gasteiger partial charge in [0.1, 0.15) is 0 Å². The summed E-state index contributed by atoms with van der Waals surface area (Å²) in [5.41, 5.74) is 1.99. The molecule has 2 rings (SSSR count). The van der Waals surface area contributed by atoms with Crippen LogP contribution >= 0.6 is 0 Å². The van der Waals surface area contributed by atoms with Crippen LogP contribution in [0.25, 0.3) is 0 Å². The molecular formula is C16H14F2N2O. The maximum Gasteiger partial charge on any atom is 0.159 e. The molecule has 0 spiro atoms. The first kappa shape index (κ1) is 14.9. The standard InChI is InChI=1S/C16H14F2N2O/c17-14-6-3-12(9-15(14)18)16(21)10-20-13-4-1-11(2-5-13)7-8-19/h1-6,9,16,20-21H,7,10H2. The van der Waals surface area contributed by atoms with E-state index in [2.05, 4.69) is 11.4 Å². The van der Waals surface area contributed by atoms with Gasteiger partial charge in [0.15, 0.2) is 11.6 Å². The molecular weight excluding hydrogens is 274 g/mol. The number of hydrogen-bond donors (Lipinski definition) is 2. The predicted octanol–water partition coefficient (Wildman–Crippen LogP) is 3.18. The largest absolute Gasteiger partial charge is 0.387 e. The molecule has 0 fully saturated rings. The fourth-order valence-electron chi connectivity index (χ4n) is 1.88. The van der Waals surface area contributed by atoms with E-state index >= 15 is 0 Å². The van der Waals surface area contributed by atoms with Gasteiger partial charge in [0, 0.05) is 12.2 Å². The third kappa shape index (κ3) is 4.01. The van der Waals surface area contributed by atoms with Gasteiger partial charge < -0.3 is 10.4 Å². The number of benzene rings is 2. The first-order valence-corrected chi connectivity index (χ1v) is 6.43. The number of rotatable bonds is 5.